The number of amides is 3. The number of nitrogens with one attached hydrogen (secondary N) is 1. The van der Waals surface area contributed by atoms with Gasteiger partial charge in [-0.2, -0.15) is 30.0 Å². The number of Topliss-reactive ketones (excluding diaryl/α,β-unsaturated/α-hetero) is 1. The monoisotopic (exact) mass is 2250 g/mol. The highest BCUT2D eigenvalue weighted by Crippen LogP contribution is 2.44. The lowest BCUT2D eigenvalue weighted by molar-refractivity contribution is -0.169. The van der Waals surface area contributed by atoms with Crippen LogP contribution in [0.2, 0.25) is 19.6 Å². The van der Waals surface area contributed by atoms with Crippen LogP contribution in [0.1, 0.15) is 258 Å². The number of allylic oxidation sites excluding steroid dienone is 1. The standard InChI is InChI=1S/C23H34FNO5.C18H26FNO4.C13H16FNO.C12H14BrFO2.C11H19NO3.C7H6BrFO.C7H8O3S.C5H8O.C4H9F3O3SSi.2CH4.H2OS/c1-22(2,3)30-21(26)25-12-7-8-19(25)23(4,27)18-11-10-17(24)14-16(18)15-29-20-9-5-6-13-28-20;1-17(2,3)24-16(22)20-9-5-6-15(20)18(4,23)14-8-7-13(19)10-12(14)11-21;1-13(12-3-2-6-15-12)11-5-4-10(14)7-9(11)8-16-13;13-11-5-4-10(14)7-9(11)8-16-12-3-1-2-6-15-12;1-8(13)9-6-5-7-12(9)10(14)15-11(2,3)4;8-7-2-1-6(9)3-5(7)4-10;1-6-2-4-7(5-3-6)11(8,9)10;1-2-4-6-5-3-1;1-12(2,3)10-11(8,9)4(5,6)7;;;1-2/h10-11,14,19-20,27H,5-9,12-13,15H2,1-4H3;7-8,10,15,21,23H,5-6,9,11H2,1-4H3;4-5,7,12,15H,2-3,6,8H2,1H3;4-5,7,12H,1-3,6,8H2;9H,5-7H2,1-4H3;1-3,10H,4H2;2-5H,1H3,(H,8,9,10);2,4H,1,3,5H2;1-3H3;2*1H4;1-2H/t19-,20?,23?;15-,18?;12-,13+;;9-;;;;;;;/m111.1......./s1/i/hT. The van der Waals surface area contributed by atoms with E-state index in [1.165, 1.54) is 128 Å². The molecule has 7 N–H and O–H groups in total. The average molecular weight is 2250 g/mol. The first kappa shape index (κ1) is 129. The third kappa shape index (κ3) is 43.7. The number of fused-ring (bicyclic) bond motifs is 1. The molecule has 8 heterocycles. The van der Waals surface area contributed by atoms with Crippen LogP contribution in [0.15, 0.2) is 141 Å². The predicted octanol–water partition coefficient (Wildman–Crippen LogP) is 23.3. The fourth-order valence-electron chi connectivity index (χ4n) is 16.1. The van der Waals surface area contributed by atoms with Crippen molar-refractivity contribution in [2.45, 2.75) is 348 Å². The number of aliphatic hydroxyl groups is 4. The van der Waals surface area contributed by atoms with E-state index in [1.54, 1.807) is 82.2 Å². The second kappa shape index (κ2) is 59.9. The molecular weight excluding hydrogens is 2100 g/mol. The molecule has 6 aromatic carbocycles. The van der Waals surface area contributed by atoms with Crippen molar-refractivity contribution in [1.82, 2.24) is 20.0 Å². The van der Waals surface area contributed by atoms with Gasteiger partial charge in [-0.05, 0) is 374 Å². The molecule has 3 amide bonds. The number of ketones is 1. The fourth-order valence-corrected chi connectivity index (χ4v) is 20.3. The molecule has 0 aromatic heterocycles. The largest absolute Gasteiger partial charge is 0.522 e. The number of rotatable bonds is 17. The summed E-state index contributed by atoms with van der Waals surface area (Å²) in [6.45, 7) is 34.6. The Morgan fingerprint density at radius 3 is 1.35 bits per heavy atom. The van der Waals surface area contributed by atoms with E-state index >= 15 is 0 Å². The van der Waals surface area contributed by atoms with E-state index in [0.29, 0.717) is 86.2 Å². The number of aliphatic hydroxyl groups excluding tert-OH is 2. The number of ether oxygens (including phenoxy) is 9. The second-order valence-corrected chi connectivity index (χ2v) is 48.5. The molecule has 6 saturated heterocycles. The summed E-state index contributed by atoms with van der Waals surface area (Å²) in [7, 11) is -12.1. The van der Waals surface area contributed by atoms with Crippen molar-refractivity contribution in [2.24, 2.45) is 0 Å². The molecule has 6 fully saturated rings. The highest BCUT2D eigenvalue weighted by molar-refractivity contribution is 9.10. The third-order valence-electron chi connectivity index (χ3n) is 22.8. The number of hydrogen-bond donors (Lipinski definition) is 8. The zero-order valence-corrected chi connectivity index (χ0v) is 90.4. The van der Waals surface area contributed by atoms with Crippen LogP contribution >= 0.6 is 44.7 Å². The zero-order valence-electron chi connectivity index (χ0n) is 84.8. The number of halogens is 10. The van der Waals surface area contributed by atoms with Crippen molar-refractivity contribution in [3.8, 4) is 0 Å². The first-order valence-corrected chi connectivity index (χ1v) is 55.1. The Hall–Kier alpha value is -7.31. The Kier molecular flexibility index (Phi) is 53.7. The molecule has 0 bridgehead atoms. The molecule has 814 valence electrons. The number of hydrogen-bond acceptors (Lipinski definition) is 25. The molecule has 42 heteroatoms. The van der Waals surface area contributed by atoms with Crippen LogP contribution in [0.25, 0.3) is 0 Å². The number of carbonyl (C=O) groups excluding carboxylic acids is 4. The number of likely N-dealkylation sites (tertiary alicyclic amines) is 3. The molecule has 4 unspecified atom stereocenters. The van der Waals surface area contributed by atoms with E-state index in [-0.39, 0.29) is 106 Å². The molecule has 144 heavy (non-hydrogen) atoms. The second-order valence-electron chi connectivity index (χ2n) is 39.1. The lowest BCUT2D eigenvalue weighted by Crippen LogP contribution is -2.50. The Balaban J connectivity index is 0.000000429. The quantitative estimate of drug-likeness (QED) is 0.00799. The van der Waals surface area contributed by atoms with Crippen LogP contribution in [-0.4, -0.2) is 200 Å². The molecule has 0 saturated carbocycles. The van der Waals surface area contributed by atoms with Gasteiger partial charge in [0.15, 0.2) is 18.4 Å². The van der Waals surface area contributed by atoms with Crippen molar-refractivity contribution >= 4 is 97.3 Å². The minimum Gasteiger partial charge on any atom is -0.502 e. The summed E-state index contributed by atoms with van der Waals surface area (Å²) >= 11 is 6.53. The van der Waals surface area contributed by atoms with Gasteiger partial charge in [-0.15, -0.1) is 0 Å². The third-order valence-corrected chi connectivity index (χ3v) is 28.6. The van der Waals surface area contributed by atoms with Crippen molar-refractivity contribution in [3.05, 3.63) is 216 Å². The molecule has 0 spiro atoms. The van der Waals surface area contributed by atoms with Crippen molar-refractivity contribution in [1.29, 1.82) is 1.12 Å². The van der Waals surface area contributed by atoms with Gasteiger partial charge in [-0.3, -0.25) is 14.2 Å². The van der Waals surface area contributed by atoms with E-state index in [4.69, 9.17) is 58.0 Å². The van der Waals surface area contributed by atoms with Gasteiger partial charge in [0.05, 0.1) is 68.9 Å². The lowest BCUT2D eigenvalue weighted by Gasteiger charge is -2.38. The smallest absolute Gasteiger partial charge is 0.502 e. The average Bonchev–Trinajstić information content (AvgIpc) is 1.60. The van der Waals surface area contributed by atoms with E-state index in [1.807, 2.05) is 60.6 Å². The van der Waals surface area contributed by atoms with Crippen molar-refractivity contribution < 1.29 is 147 Å². The van der Waals surface area contributed by atoms with Gasteiger partial charge in [-0.25, -0.2) is 36.3 Å². The molecule has 9 atom stereocenters. The van der Waals surface area contributed by atoms with Crippen molar-refractivity contribution in [2.75, 3.05) is 46.0 Å². The van der Waals surface area contributed by atoms with E-state index < -0.39 is 98.0 Å². The SMILES string of the molecule is C.C.C1=COCCC1.CC(=O)[C@H]1CCCN1C(=O)OC(C)(C)C.CC(C)(C)OC(=O)N1CCC[C@@H]1C(C)(O)c1ccc(F)cc1CO.CC(C)(C)OC(=O)N1CCC[C@@H]1C(C)(O)c1ccc(F)cc1COC1CCCCO1.C[C@]1([C@H]2CCCN2)OCc2cc(F)ccc21.C[Si](C)(C)OS(=O)(=O)C(F)(F)F.Cc1ccc(S(=O)(=O)O)cc1.Fc1ccc(Br)c(COC2CCCCO2)c1.OCc1cc(F)ccc1Br.[3H]SO. The fraction of sp³-hybridized carbons (Fsp3) is 0.588. The summed E-state index contributed by atoms with van der Waals surface area (Å²) in [5.41, 5.74) is -3.79. The number of carbonyl (C=O) groups is 4. The van der Waals surface area contributed by atoms with Crippen LogP contribution in [0.3, 0.4) is 0 Å². The number of alkyl halides is 3. The molecule has 0 radical (unpaired) electrons. The Bertz CT molecular complexity index is 5250. The Labute approximate surface area is 869 Å². The molecule has 0 aliphatic carbocycles. The Morgan fingerprint density at radius 2 is 0.972 bits per heavy atom. The first-order valence-electron chi connectivity index (χ1n) is 47.3. The van der Waals surface area contributed by atoms with Gasteiger partial charge < -0.3 is 86.6 Å². The van der Waals surface area contributed by atoms with E-state index in [9.17, 15) is 86.5 Å². The van der Waals surface area contributed by atoms with Gasteiger partial charge in [0.1, 0.15) is 63.8 Å². The molecule has 8 aliphatic heterocycles. The van der Waals surface area contributed by atoms with Crippen LogP contribution in [0.5, 0.6) is 0 Å². The highest BCUT2D eigenvalue weighted by Gasteiger charge is 2.51. The van der Waals surface area contributed by atoms with Crippen LogP contribution in [0, 0.1) is 36.0 Å². The van der Waals surface area contributed by atoms with Gasteiger partial charge in [-0.1, -0.05) is 82.6 Å². The first-order chi connectivity index (χ1) is 66.5. The van der Waals surface area contributed by atoms with Gasteiger partial charge >= 0.3 is 33.9 Å². The van der Waals surface area contributed by atoms with Crippen molar-refractivity contribution in [3.63, 3.8) is 0 Å². The minimum atomic E-state index is -5.39. The number of nitrogens with zero attached hydrogens (tertiary/aromatic N) is 3. The molecule has 28 nitrogen and oxygen atoms in total. The lowest BCUT2D eigenvalue weighted by atomic mass is 9.84. The summed E-state index contributed by atoms with van der Waals surface area (Å²) in [5.74, 6) is -1.58. The van der Waals surface area contributed by atoms with Gasteiger partial charge in [0.2, 0.25) is 8.32 Å². The summed E-state index contributed by atoms with van der Waals surface area (Å²) in [5, 5.41) is 44.3. The van der Waals surface area contributed by atoms with E-state index in [0.717, 1.165) is 122 Å². The molecule has 8 aliphatic rings. The van der Waals surface area contributed by atoms with Gasteiger partial charge in [0.25, 0.3) is 10.1 Å². The number of aryl methyl sites for hydroxylation is 1. The van der Waals surface area contributed by atoms with Crippen LogP contribution < -0.4 is 5.32 Å². The Morgan fingerprint density at radius 1 is 0.556 bits per heavy atom. The predicted molar refractivity (Wildman–Crippen MR) is 547 cm³/mol. The van der Waals surface area contributed by atoms with Gasteiger partial charge in [0, 0.05) is 47.8 Å². The summed E-state index contributed by atoms with van der Waals surface area (Å²) < 4.78 is 219. The molecular formula is C102H150Br2F8N4O24S3Si. The molecule has 6 aromatic rings. The maximum atomic E-state index is 14.0. The summed E-state index contributed by atoms with van der Waals surface area (Å²) in [4.78, 5) is 52.7. The highest BCUT2D eigenvalue weighted by atomic mass is 79.9. The van der Waals surface area contributed by atoms with E-state index in [2.05, 4.69) is 48.0 Å². The van der Waals surface area contributed by atoms with Crippen LogP contribution in [-0.2, 0) is 121 Å². The number of benzene rings is 6. The zero-order chi connectivity index (χ0) is 107. The normalized spacial score (nSPS) is 20.6. The summed E-state index contributed by atoms with van der Waals surface area (Å²) in [6.07, 6.45) is 17.2. The maximum absolute atomic E-state index is 14.0. The minimum absolute atomic E-state index is 0. The maximum Gasteiger partial charge on any atom is 0.522 e. The summed E-state index contributed by atoms with van der Waals surface area (Å²) in [6, 6.07) is 27.1. The number of thiol groups is 1. The molecule has 14 rings (SSSR count). The van der Waals surface area contributed by atoms with Crippen LogP contribution in [0.4, 0.5) is 49.5 Å². The topological polar surface area (TPSA) is 372 Å².